The first kappa shape index (κ1) is 13.7. The van der Waals surface area contributed by atoms with Crippen molar-refractivity contribution in [1.29, 1.82) is 0 Å². The molecule has 1 heterocycles. The van der Waals surface area contributed by atoms with Gasteiger partial charge in [-0.1, -0.05) is 12.1 Å². The van der Waals surface area contributed by atoms with Crippen LogP contribution < -0.4 is 0 Å². The predicted molar refractivity (Wildman–Crippen MR) is 74.4 cm³/mol. The van der Waals surface area contributed by atoms with Crippen LogP contribution in [0.1, 0.15) is 21.6 Å². The van der Waals surface area contributed by atoms with Crippen LogP contribution in [-0.2, 0) is 7.05 Å². The van der Waals surface area contributed by atoms with Crippen LogP contribution in [0, 0.1) is 17.0 Å². The lowest BCUT2D eigenvalue weighted by atomic mass is 10.1. The van der Waals surface area contributed by atoms with E-state index < -0.39 is 4.92 Å². The van der Waals surface area contributed by atoms with E-state index in [-0.39, 0.29) is 11.5 Å². The number of para-hydroxylation sites is 1. The second-order valence-electron chi connectivity index (χ2n) is 4.32. The Morgan fingerprint density at radius 2 is 2.10 bits per heavy atom. The van der Waals surface area contributed by atoms with Crippen LogP contribution >= 0.6 is 0 Å². The molecule has 0 fully saturated rings. The second kappa shape index (κ2) is 5.48. The monoisotopic (exact) mass is 271 g/mol. The van der Waals surface area contributed by atoms with Crippen LogP contribution in [0.15, 0.2) is 36.5 Å². The number of ketones is 1. The SMILES string of the molecule is Cc1nn(C)cc1C(=O)/C=C\c1ccccc1[N+](=O)[O-]. The maximum absolute atomic E-state index is 12.0. The number of nitro benzene ring substituents is 1. The maximum Gasteiger partial charge on any atom is 0.276 e. The van der Waals surface area contributed by atoms with Gasteiger partial charge in [-0.15, -0.1) is 0 Å². The van der Waals surface area contributed by atoms with Gasteiger partial charge in [-0.25, -0.2) is 0 Å². The fourth-order valence-electron chi connectivity index (χ4n) is 1.89. The van der Waals surface area contributed by atoms with Crippen molar-refractivity contribution in [2.75, 3.05) is 0 Å². The predicted octanol–water partition coefficient (Wildman–Crippen LogP) is 2.53. The smallest absolute Gasteiger partial charge is 0.276 e. The molecule has 0 aliphatic heterocycles. The lowest BCUT2D eigenvalue weighted by molar-refractivity contribution is -0.385. The Kier molecular flexibility index (Phi) is 3.74. The lowest BCUT2D eigenvalue weighted by Crippen LogP contribution is -1.95. The minimum atomic E-state index is -0.473. The number of nitrogens with zero attached hydrogens (tertiary/aromatic N) is 3. The van der Waals surface area contributed by atoms with Gasteiger partial charge < -0.3 is 0 Å². The van der Waals surface area contributed by atoms with E-state index in [9.17, 15) is 14.9 Å². The molecule has 1 aromatic carbocycles. The van der Waals surface area contributed by atoms with Crippen LogP contribution in [-0.4, -0.2) is 20.5 Å². The molecular weight excluding hydrogens is 258 g/mol. The highest BCUT2D eigenvalue weighted by atomic mass is 16.6. The standard InChI is InChI=1S/C14H13N3O3/c1-10-12(9-16(2)15-10)14(18)8-7-11-5-3-4-6-13(11)17(19)20/h3-9H,1-2H3/b8-7-. The van der Waals surface area contributed by atoms with Crippen molar-refractivity contribution < 1.29 is 9.72 Å². The van der Waals surface area contributed by atoms with Gasteiger partial charge in [0.05, 0.1) is 21.7 Å². The molecule has 0 spiro atoms. The maximum atomic E-state index is 12.0. The summed E-state index contributed by atoms with van der Waals surface area (Å²) in [4.78, 5) is 22.4. The van der Waals surface area contributed by atoms with Crippen molar-refractivity contribution in [2.45, 2.75) is 6.92 Å². The van der Waals surface area contributed by atoms with Gasteiger partial charge in [0.25, 0.3) is 5.69 Å². The summed E-state index contributed by atoms with van der Waals surface area (Å²) in [7, 11) is 1.73. The van der Waals surface area contributed by atoms with Gasteiger partial charge in [0.15, 0.2) is 5.78 Å². The van der Waals surface area contributed by atoms with Crippen LogP contribution in [0.3, 0.4) is 0 Å². The summed E-state index contributed by atoms with van der Waals surface area (Å²) in [6, 6.07) is 6.27. The molecular formula is C14H13N3O3. The lowest BCUT2D eigenvalue weighted by Gasteiger charge is -1.96. The molecule has 0 N–H and O–H groups in total. The highest BCUT2D eigenvalue weighted by molar-refractivity contribution is 6.07. The average molecular weight is 271 g/mol. The highest BCUT2D eigenvalue weighted by Crippen LogP contribution is 2.19. The third-order valence-electron chi connectivity index (χ3n) is 2.83. The summed E-state index contributed by atoms with van der Waals surface area (Å²) in [5.41, 5.74) is 1.49. The van der Waals surface area contributed by atoms with Gasteiger partial charge >= 0.3 is 0 Å². The van der Waals surface area contributed by atoms with E-state index >= 15 is 0 Å². The number of aromatic nitrogens is 2. The molecule has 2 rings (SSSR count). The summed E-state index contributed by atoms with van der Waals surface area (Å²) < 4.78 is 1.56. The number of carbonyl (C=O) groups is 1. The Bertz CT molecular complexity index is 701. The number of rotatable bonds is 4. The summed E-state index contributed by atoms with van der Waals surface area (Å²) in [6.07, 6.45) is 4.40. The Labute approximate surface area is 115 Å². The normalized spacial score (nSPS) is 10.9. The van der Waals surface area contributed by atoms with E-state index in [2.05, 4.69) is 5.10 Å². The molecule has 102 valence electrons. The first-order chi connectivity index (χ1) is 9.49. The number of benzene rings is 1. The van der Waals surface area contributed by atoms with E-state index in [1.807, 2.05) is 0 Å². The van der Waals surface area contributed by atoms with E-state index in [0.29, 0.717) is 16.8 Å². The summed E-state index contributed by atoms with van der Waals surface area (Å²) in [6.45, 7) is 1.74. The molecule has 1 aromatic heterocycles. The number of aryl methyl sites for hydroxylation is 2. The van der Waals surface area contributed by atoms with Crippen molar-refractivity contribution in [2.24, 2.45) is 7.05 Å². The van der Waals surface area contributed by atoms with Gasteiger partial charge in [0, 0.05) is 19.3 Å². The Balaban J connectivity index is 2.28. The van der Waals surface area contributed by atoms with Gasteiger partial charge in [-0.3, -0.25) is 19.6 Å². The third kappa shape index (κ3) is 2.80. The molecule has 0 radical (unpaired) electrons. The van der Waals surface area contributed by atoms with Gasteiger partial charge in [0.2, 0.25) is 0 Å². The quantitative estimate of drug-likeness (QED) is 0.370. The Morgan fingerprint density at radius 1 is 1.40 bits per heavy atom. The number of carbonyl (C=O) groups excluding carboxylic acids is 1. The Morgan fingerprint density at radius 3 is 2.70 bits per heavy atom. The minimum Gasteiger partial charge on any atom is -0.289 e. The van der Waals surface area contributed by atoms with Crippen LogP contribution in [0.5, 0.6) is 0 Å². The molecule has 0 saturated carbocycles. The van der Waals surface area contributed by atoms with Crippen LogP contribution in [0.2, 0.25) is 0 Å². The molecule has 0 amide bonds. The van der Waals surface area contributed by atoms with Crippen molar-refractivity contribution >= 4 is 17.5 Å². The molecule has 6 nitrogen and oxygen atoms in total. The first-order valence-corrected chi connectivity index (χ1v) is 5.95. The van der Waals surface area contributed by atoms with E-state index in [0.717, 1.165) is 0 Å². The average Bonchev–Trinajstić information content (AvgIpc) is 2.75. The van der Waals surface area contributed by atoms with Crippen molar-refractivity contribution in [3.05, 3.63) is 63.5 Å². The largest absolute Gasteiger partial charge is 0.289 e. The summed E-state index contributed by atoms with van der Waals surface area (Å²) >= 11 is 0. The van der Waals surface area contributed by atoms with Crippen LogP contribution in [0.25, 0.3) is 6.08 Å². The van der Waals surface area contributed by atoms with Crippen LogP contribution in [0.4, 0.5) is 5.69 Å². The Hall–Kier alpha value is -2.76. The summed E-state index contributed by atoms with van der Waals surface area (Å²) in [5, 5.41) is 15.0. The summed E-state index contributed by atoms with van der Waals surface area (Å²) in [5.74, 6) is -0.228. The molecule has 0 aliphatic carbocycles. The number of nitro groups is 1. The van der Waals surface area contributed by atoms with E-state index in [4.69, 9.17) is 0 Å². The molecule has 2 aromatic rings. The third-order valence-corrected chi connectivity index (χ3v) is 2.83. The molecule has 0 unspecified atom stereocenters. The second-order valence-corrected chi connectivity index (χ2v) is 4.32. The highest BCUT2D eigenvalue weighted by Gasteiger charge is 2.12. The van der Waals surface area contributed by atoms with Crippen molar-refractivity contribution in [3.8, 4) is 0 Å². The van der Waals surface area contributed by atoms with E-state index in [1.54, 1.807) is 43.0 Å². The zero-order valence-corrected chi connectivity index (χ0v) is 11.1. The number of hydrogen-bond donors (Lipinski definition) is 0. The zero-order valence-electron chi connectivity index (χ0n) is 11.1. The van der Waals surface area contributed by atoms with E-state index in [1.165, 1.54) is 18.2 Å². The van der Waals surface area contributed by atoms with Crippen molar-refractivity contribution in [1.82, 2.24) is 9.78 Å². The van der Waals surface area contributed by atoms with Gasteiger partial charge in [-0.05, 0) is 25.1 Å². The number of hydrogen-bond acceptors (Lipinski definition) is 4. The fourth-order valence-corrected chi connectivity index (χ4v) is 1.89. The number of allylic oxidation sites excluding steroid dienone is 1. The molecule has 0 saturated heterocycles. The van der Waals surface area contributed by atoms with Gasteiger partial charge in [0.1, 0.15) is 0 Å². The molecule has 0 atom stereocenters. The van der Waals surface area contributed by atoms with Gasteiger partial charge in [-0.2, -0.15) is 5.10 Å². The van der Waals surface area contributed by atoms with Crippen molar-refractivity contribution in [3.63, 3.8) is 0 Å². The molecule has 0 bridgehead atoms. The molecule has 0 aliphatic rings. The topological polar surface area (TPSA) is 78.0 Å². The molecule has 20 heavy (non-hydrogen) atoms. The molecule has 6 heteroatoms. The fraction of sp³-hybridized carbons (Fsp3) is 0.143. The first-order valence-electron chi connectivity index (χ1n) is 5.95. The minimum absolute atomic E-state index is 0.0283. The zero-order chi connectivity index (χ0) is 14.7.